The van der Waals surface area contributed by atoms with Crippen molar-refractivity contribution >= 4 is 11.7 Å². The van der Waals surface area contributed by atoms with Gasteiger partial charge < -0.3 is 14.7 Å². The second-order valence-corrected chi connectivity index (χ2v) is 14.8. The van der Waals surface area contributed by atoms with Crippen molar-refractivity contribution in [2.45, 2.75) is 105 Å². The van der Waals surface area contributed by atoms with Crippen molar-refractivity contribution in [2.75, 3.05) is 31.1 Å². The van der Waals surface area contributed by atoms with Gasteiger partial charge in [-0.25, -0.2) is 18.0 Å². The second kappa shape index (κ2) is 11.7. The molecule has 1 unspecified atom stereocenters. The molecule has 3 heterocycles. The van der Waals surface area contributed by atoms with E-state index in [4.69, 9.17) is 9.72 Å². The summed E-state index contributed by atoms with van der Waals surface area (Å²) in [5.41, 5.74) is 2.38. The first kappa shape index (κ1) is 31.8. The van der Waals surface area contributed by atoms with Gasteiger partial charge in [-0.3, -0.25) is 9.88 Å². The van der Waals surface area contributed by atoms with E-state index in [1.807, 2.05) is 0 Å². The van der Waals surface area contributed by atoms with Gasteiger partial charge >= 0.3 is 5.97 Å². The summed E-state index contributed by atoms with van der Waals surface area (Å²) in [6.45, 7) is 15.0. The number of piperidine rings is 2. The van der Waals surface area contributed by atoms with Crippen LogP contribution < -0.4 is 4.90 Å². The van der Waals surface area contributed by atoms with Gasteiger partial charge in [0.1, 0.15) is 0 Å². The normalized spacial score (nSPS) is 21.1. The fourth-order valence-corrected chi connectivity index (χ4v) is 7.02. The van der Waals surface area contributed by atoms with Gasteiger partial charge in [-0.05, 0) is 108 Å². The van der Waals surface area contributed by atoms with Gasteiger partial charge in [-0.1, -0.05) is 20.3 Å². The quantitative estimate of drug-likeness (QED) is 0.327. The predicted molar refractivity (Wildman–Crippen MR) is 162 cm³/mol. The zero-order chi connectivity index (χ0) is 31.3. The molecule has 43 heavy (non-hydrogen) atoms. The summed E-state index contributed by atoms with van der Waals surface area (Å²) >= 11 is 0. The molecule has 1 aromatic carbocycles. The van der Waals surface area contributed by atoms with Crippen LogP contribution in [0, 0.1) is 35.2 Å². The summed E-state index contributed by atoms with van der Waals surface area (Å²) in [4.78, 5) is 22.2. The van der Waals surface area contributed by atoms with E-state index in [0.717, 1.165) is 50.9 Å². The first-order valence-corrected chi connectivity index (χ1v) is 15.6. The van der Waals surface area contributed by atoms with Crippen LogP contribution in [0.1, 0.15) is 103 Å². The van der Waals surface area contributed by atoms with Crippen molar-refractivity contribution in [1.82, 2.24) is 9.88 Å². The molecule has 2 aliphatic heterocycles. The third kappa shape index (κ3) is 6.72. The molecule has 1 N–H and O–H groups in total. The number of anilines is 1. The number of benzene rings is 1. The van der Waals surface area contributed by atoms with Crippen molar-refractivity contribution < 1.29 is 27.8 Å². The van der Waals surface area contributed by atoms with Gasteiger partial charge in [-0.2, -0.15) is 0 Å². The number of likely N-dealkylation sites (tertiary alicyclic amines) is 1. The molecule has 1 aliphatic carbocycles. The number of hydrogen-bond acceptors (Lipinski definition) is 5. The van der Waals surface area contributed by atoms with E-state index in [1.54, 1.807) is 27.7 Å². The highest BCUT2D eigenvalue weighted by Crippen LogP contribution is 2.50. The number of aromatic nitrogens is 1. The Morgan fingerprint density at radius 3 is 2.07 bits per heavy atom. The number of aryl methyl sites for hydroxylation is 1. The number of carboxylic acid groups (broad SMARTS) is 1. The lowest BCUT2D eigenvalue weighted by Gasteiger charge is -2.48. The Hall–Kier alpha value is -2.65. The van der Waals surface area contributed by atoms with E-state index in [-0.39, 0.29) is 11.0 Å². The van der Waals surface area contributed by atoms with Gasteiger partial charge in [0, 0.05) is 36.5 Å². The number of nitrogens with zero attached hydrogens (tertiary/aromatic N) is 3. The maximum absolute atomic E-state index is 14.8. The van der Waals surface area contributed by atoms with Crippen LogP contribution in [0.3, 0.4) is 0 Å². The molecule has 6 nitrogen and oxygen atoms in total. The zero-order valence-electron chi connectivity index (χ0n) is 26.5. The Morgan fingerprint density at radius 2 is 1.58 bits per heavy atom. The van der Waals surface area contributed by atoms with E-state index >= 15 is 0 Å². The molecule has 1 atom stereocenters. The largest absolute Gasteiger partial charge is 0.479 e. The Labute approximate surface area is 253 Å². The molecule has 1 spiro atoms. The Morgan fingerprint density at radius 1 is 1.00 bits per heavy atom. The van der Waals surface area contributed by atoms with Gasteiger partial charge in [0.05, 0.1) is 17.0 Å². The number of pyridine rings is 1. The molecular weight excluding hydrogens is 555 g/mol. The van der Waals surface area contributed by atoms with E-state index in [0.29, 0.717) is 53.3 Å². The smallest absolute Gasteiger partial charge is 0.337 e. The van der Waals surface area contributed by atoms with Crippen molar-refractivity contribution in [3.8, 4) is 11.1 Å². The van der Waals surface area contributed by atoms with E-state index in [1.165, 1.54) is 19.3 Å². The van der Waals surface area contributed by atoms with Crippen LogP contribution in [0.4, 0.5) is 18.9 Å². The highest BCUT2D eigenvalue weighted by Gasteiger charge is 2.41. The summed E-state index contributed by atoms with van der Waals surface area (Å²) < 4.78 is 50.0. The number of aliphatic carboxylic acids is 1. The molecule has 2 aromatic rings. The third-order valence-electron chi connectivity index (χ3n) is 9.84. The van der Waals surface area contributed by atoms with Crippen LogP contribution >= 0.6 is 0 Å². The minimum Gasteiger partial charge on any atom is -0.479 e. The lowest BCUT2D eigenvalue weighted by molar-refractivity contribution is -0.160. The summed E-state index contributed by atoms with van der Waals surface area (Å²) in [6.07, 6.45) is 6.36. The highest BCUT2D eigenvalue weighted by molar-refractivity contribution is 5.88. The molecule has 9 heteroatoms. The molecule has 0 bridgehead atoms. The first-order valence-electron chi connectivity index (χ1n) is 15.6. The number of ether oxygens (including phenoxy) is 1. The maximum Gasteiger partial charge on any atom is 0.337 e. The van der Waals surface area contributed by atoms with E-state index < -0.39 is 35.1 Å². The Kier molecular flexibility index (Phi) is 8.64. The highest BCUT2D eigenvalue weighted by atomic mass is 19.2. The van der Waals surface area contributed by atoms with E-state index in [2.05, 4.69) is 23.6 Å². The van der Waals surface area contributed by atoms with Crippen molar-refractivity contribution in [3.05, 3.63) is 46.5 Å². The summed E-state index contributed by atoms with van der Waals surface area (Å²) in [6, 6.07) is 2.02. The van der Waals surface area contributed by atoms with Crippen LogP contribution in [0.15, 0.2) is 12.1 Å². The number of hydrogen-bond donors (Lipinski definition) is 1. The van der Waals surface area contributed by atoms with Crippen molar-refractivity contribution in [2.24, 2.45) is 10.8 Å². The number of carboxylic acids is 1. The van der Waals surface area contributed by atoms with Gasteiger partial charge in [-0.15, -0.1) is 0 Å². The molecule has 5 rings (SSSR count). The molecule has 2 saturated heterocycles. The topological polar surface area (TPSA) is 65.9 Å². The van der Waals surface area contributed by atoms with Crippen LogP contribution in [0.2, 0.25) is 0 Å². The number of halogens is 3. The standard InChI is InChI=1S/C34H46F3N3O3/c1-21-26(30(31(41)42)43-32(2,3)4)29(40-16-10-33(5,6)11-17-40)27(22-18-23(35)28(37)24(36)19-22)25(38-21)20-39-14-12-34(13-15-39)8-7-9-34/h18-19,30H,7-17,20H2,1-6H3,(H,41,42). The minimum absolute atomic E-state index is 0.0925. The average molecular weight is 602 g/mol. The summed E-state index contributed by atoms with van der Waals surface area (Å²) in [5.74, 6) is -5.29. The minimum atomic E-state index is -1.53. The van der Waals surface area contributed by atoms with Crippen LogP contribution in [0.5, 0.6) is 0 Å². The average Bonchev–Trinajstić information content (AvgIpc) is 2.89. The van der Waals surface area contributed by atoms with Crippen molar-refractivity contribution in [1.29, 1.82) is 0 Å². The van der Waals surface area contributed by atoms with Gasteiger partial charge in [0.15, 0.2) is 23.6 Å². The Bertz CT molecular complexity index is 1340. The summed E-state index contributed by atoms with van der Waals surface area (Å²) in [5, 5.41) is 10.5. The van der Waals surface area contributed by atoms with Crippen LogP contribution in [-0.2, 0) is 16.1 Å². The molecule has 1 saturated carbocycles. The summed E-state index contributed by atoms with van der Waals surface area (Å²) in [7, 11) is 0. The molecule has 0 amide bonds. The molecule has 3 fully saturated rings. The zero-order valence-corrected chi connectivity index (χ0v) is 26.5. The van der Waals surface area contributed by atoms with Crippen LogP contribution in [-0.4, -0.2) is 52.7 Å². The number of rotatable bonds is 7. The molecular formula is C34H46F3N3O3. The van der Waals surface area contributed by atoms with E-state index in [9.17, 15) is 23.1 Å². The lowest BCUT2D eigenvalue weighted by atomic mass is 9.63. The van der Waals surface area contributed by atoms with Crippen molar-refractivity contribution in [3.63, 3.8) is 0 Å². The predicted octanol–water partition coefficient (Wildman–Crippen LogP) is 7.81. The van der Waals surface area contributed by atoms with Gasteiger partial charge in [0.2, 0.25) is 0 Å². The second-order valence-electron chi connectivity index (χ2n) is 14.8. The molecule has 236 valence electrons. The third-order valence-corrected chi connectivity index (χ3v) is 9.84. The Balaban J connectivity index is 1.71. The monoisotopic (exact) mass is 601 g/mol. The maximum atomic E-state index is 14.8. The fourth-order valence-electron chi connectivity index (χ4n) is 7.02. The molecule has 3 aliphatic rings. The number of carbonyl (C=O) groups is 1. The van der Waals surface area contributed by atoms with Crippen LogP contribution in [0.25, 0.3) is 11.1 Å². The molecule has 1 aromatic heterocycles. The fraction of sp³-hybridized carbons (Fsp3) is 0.647. The molecule has 0 radical (unpaired) electrons. The SMILES string of the molecule is Cc1nc(CN2CCC3(CCC3)CC2)c(-c2cc(F)c(F)c(F)c2)c(N2CCC(C)(C)CC2)c1C(OC(C)(C)C)C(=O)O. The lowest BCUT2D eigenvalue weighted by Crippen LogP contribution is -2.43. The van der Waals surface area contributed by atoms with Gasteiger partial charge in [0.25, 0.3) is 0 Å². The first-order chi connectivity index (χ1) is 20.1.